The van der Waals surface area contributed by atoms with E-state index in [9.17, 15) is 4.79 Å². The molecular weight excluding hydrogens is 150 g/mol. The van der Waals surface area contributed by atoms with Crippen LogP contribution in [0.2, 0.25) is 0 Å². The number of benzene rings is 1. The van der Waals surface area contributed by atoms with Crippen molar-refractivity contribution >= 4 is 23.9 Å². The van der Waals surface area contributed by atoms with Gasteiger partial charge in [0.25, 0.3) is 0 Å². The third-order valence-corrected chi connectivity index (χ3v) is 1.37. The van der Waals surface area contributed by atoms with Crippen LogP contribution in [0.25, 0.3) is 0 Å². The number of rotatable bonds is 2. The maximum atomic E-state index is 10.1. The summed E-state index contributed by atoms with van der Waals surface area (Å²) in [5, 5.41) is 0. The van der Waals surface area contributed by atoms with E-state index in [-0.39, 0.29) is 0 Å². The van der Waals surface area contributed by atoms with Gasteiger partial charge in [-0.1, -0.05) is 18.2 Å². The van der Waals surface area contributed by atoms with Gasteiger partial charge in [-0.25, -0.2) is 4.42 Å². The molecule has 0 bridgehead atoms. The molecule has 0 aliphatic rings. The van der Waals surface area contributed by atoms with E-state index in [1.807, 2.05) is 18.2 Å². The van der Waals surface area contributed by atoms with Crippen LogP contribution in [0.5, 0.6) is 0 Å². The first-order valence-electron chi connectivity index (χ1n) is 2.80. The lowest BCUT2D eigenvalue weighted by atomic mass is 10.3. The van der Waals surface area contributed by atoms with Crippen LogP contribution in [0.1, 0.15) is 0 Å². The van der Waals surface area contributed by atoms with E-state index in [2.05, 4.69) is 0 Å². The van der Waals surface area contributed by atoms with E-state index >= 15 is 0 Å². The molecule has 0 aliphatic carbocycles. The quantitative estimate of drug-likeness (QED) is 0.471. The number of hydrogen-bond acceptors (Lipinski definition) is 1. The van der Waals surface area contributed by atoms with Gasteiger partial charge in [0.15, 0.2) is 0 Å². The fraction of sp³-hybridized carbons (Fsp3) is 0. The number of hydrogen-bond donors (Lipinski definition) is 0. The van der Waals surface area contributed by atoms with Crippen LogP contribution in [0.4, 0.5) is 5.69 Å². The highest BCUT2D eigenvalue weighted by Crippen LogP contribution is 2.12. The molecule has 0 aliphatic heterocycles. The first kappa shape index (κ1) is 7.09. The molecule has 0 saturated carbocycles. The van der Waals surface area contributed by atoms with Crippen LogP contribution in [0.3, 0.4) is 0 Å². The molecule has 0 fully saturated rings. The molecule has 1 rings (SSSR count). The highest BCUT2D eigenvalue weighted by molar-refractivity contribution is 6.32. The Kier molecular flexibility index (Phi) is 2.29. The highest BCUT2D eigenvalue weighted by atomic mass is 35.5. The Morgan fingerprint density at radius 3 is 2.40 bits per heavy atom. The van der Waals surface area contributed by atoms with E-state index in [1.165, 1.54) is 0 Å². The van der Waals surface area contributed by atoms with Crippen molar-refractivity contribution in [2.75, 3.05) is 4.42 Å². The third-order valence-electron chi connectivity index (χ3n) is 1.10. The standard InChI is InChI=1S/C7H6ClNO/c8-9(6-10)7-4-2-1-3-5-7/h1-6H. The summed E-state index contributed by atoms with van der Waals surface area (Å²) in [7, 11) is 0. The SMILES string of the molecule is O=CN(Cl)c1ccccc1. The molecule has 1 aromatic rings. The van der Waals surface area contributed by atoms with Gasteiger partial charge in [-0.05, 0) is 12.1 Å². The first-order valence-corrected chi connectivity index (χ1v) is 3.14. The van der Waals surface area contributed by atoms with Gasteiger partial charge in [0.2, 0.25) is 6.41 Å². The first-order chi connectivity index (χ1) is 4.84. The van der Waals surface area contributed by atoms with Gasteiger partial charge in [-0.2, -0.15) is 0 Å². The van der Waals surface area contributed by atoms with Crippen molar-refractivity contribution < 1.29 is 4.79 Å². The third kappa shape index (κ3) is 1.48. The molecule has 0 unspecified atom stereocenters. The number of amides is 1. The van der Waals surface area contributed by atoms with Gasteiger partial charge in [0, 0.05) is 11.8 Å². The normalized spacial score (nSPS) is 8.90. The molecule has 10 heavy (non-hydrogen) atoms. The summed E-state index contributed by atoms with van der Waals surface area (Å²) >= 11 is 5.46. The van der Waals surface area contributed by atoms with Crippen molar-refractivity contribution in [3.63, 3.8) is 0 Å². The zero-order chi connectivity index (χ0) is 7.40. The van der Waals surface area contributed by atoms with Gasteiger partial charge >= 0.3 is 0 Å². The molecule has 0 spiro atoms. The fourth-order valence-corrected chi connectivity index (χ4v) is 0.744. The summed E-state index contributed by atoms with van der Waals surface area (Å²) in [6.45, 7) is 0. The second-order valence-corrected chi connectivity index (χ2v) is 2.12. The van der Waals surface area contributed by atoms with Crippen molar-refractivity contribution in [3.8, 4) is 0 Å². The topological polar surface area (TPSA) is 20.3 Å². The van der Waals surface area contributed by atoms with Crippen LogP contribution < -0.4 is 4.42 Å². The Morgan fingerprint density at radius 1 is 1.30 bits per heavy atom. The van der Waals surface area contributed by atoms with Crippen molar-refractivity contribution in [1.82, 2.24) is 0 Å². The van der Waals surface area contributed by atoms with Gasteiger partial charge in [0.1, 0.15) is 0 Å². The Balaban J connectivity index is 2.84. The van der Waals surface area contributed by atoms with Crippen molar-refractivity contribution in [3.05, 3.63) is 30.3 Å². The van der Waals surface area contributed by atoms with Crippen LogP contribution in [0, 0.1) is 0 Å². The number of carbonyl (C=O) groups excluding carboxylic acids is 1. The minimum absolute atomic E-state index is 0.552. The molecule has 0 aromatic heterocycles. The van der Waals surface area contributed by atoms with Crippen LogP contribution in [-0.4, -0.2) is 6.41 Å². The van der Waals surface area contributed by atoms with Crippen LogP contribution >= 0.6 is 11.8 Å². The lowest BCUT2D eigenvalue weighted by Gasteiger charge is -2.04. The van der Waals surface area contributed by atoms with Crippen LogP contribution in [-0.2, 0) is 4.79 Å². The molecule has 0 heterocycles. The molecule has 3 heteroatoms. The lowest BCUT2D eigenvalue weighted by molar-refractivity contribution is -0.106. The lowest BCUT2D eigenvalue weighted by Crippen LogP contribution is -2.04. The number of para-hydroxylation sites is 1. The van der Waals surface area contributed by atoms with Gasteiger partial charge < -0.3 is 0 Å². The predicted octanol–water partition coefficient (Wildman–Crippen LogP) is 1.80. The molecule has 0 radical (unpaired) electrons. The summed E-state index contributed by atoms with van der Waals surface area (Å²) in [5.74, 6) is 0. The molecular formula is C7H6ClNO. The second kappa shape index (κ2) is 3.22. The molecule has 0 saturated heterocycles. The summed E-state index contributed by atoms with van der Waals surface area (Å²) < 4.78 is 1.00. The maximum Gasteiger partial charge on any atom is 0.228 e. The molecule has 0 N–H and O–H groups in total. The molecule has 2 nitrogen and oxygen atoms in total. The summed E-state index contributed by atoms with van der Waals surface area (Å²) in [4.78, 5) is 10.1. The number of anilines is 1. The zero-order valence-electron chi connectivity index (χ0n) is 5.20. The highest BCUT2D eigenvalue weighted by Gasteiger charge is 1.96. The molecule has 52 valence electrons. The number of halogens is 1. The average Bonchev–Trinajstić information content (AvgIpc) is 2.05. The van der Waals surface area contributed by atoms with Crippen molar-refractivity contribution in [2.45, 2.75) is 0 Å². The fourth-order valence-electron chi connectivity index (χ4n) is 0.631. The van der Waals surface area contributed by atoms with Gasteiger partial charge in [-0.3, -0.25) is 4.79 Å². The maximum absolute atomic E-state index is 10.1. The van der Waals surface area contributed by atoms with E-state index in [1.54, 1.807) is 12.1 Å². The smallest absolute Gasteiger partial charge is 0.228 e. The zero-order valence-corrected chi connectivity index (χ0v) is 5.95. The summed E-state index contributed by atoms with van der Waals surface area (Å²) in [6, 6.07) is 8.99. The van der Waals surface area contributed by atoms with Crippen molar-refractivity contribution in [2.24, 2.45) is 0 Å². The largest absolute Gasteiger partial charge is 0.277 e. The predicted molar refractivity (Wildman–Crippen MR) is 40.8 cm³/mol. The van der Waals surface area contributed by atoms with Crippen LogP contribution in [0.15, 0.2) is 30.3 Å². The molecule has 1 aromatic carbocycles. The Morgan fingerprint density at radius 2 is 1.90 bits per heavy atom. The Labute approximate surface area is 64.1 Å². The summed E-state index contributed by atoms with van der Waals surface area (Å²) in [5.41, 5.74) is 0.680. The van der Waals surface area contributed by atoms with Gasteiger partial charge in [-0.15, -0.1) is 0 Å². The number of nitrogens with zero attached hydrogens (tertiary/aromatic N) is 1. The van der Waals surface area contributed by atoms with E-state index in [4.69, 9.17) is 11.8 Å². The minimum atomic E-state index is 0.552. The Bertz CT molecular complexity index is 212. The minimum Gasteiger partial charge on any atom is -0.277 e. The summed E-state index contributed by atoms with van der Waals surface area (Å²) in [6.07, 6.45) is 0.552. The van der Waals surface area contributed by atoms with E-state index < -0.39 is 0 Å². The van der Waals surface area contributed by atoms with E-state index in [0.717, 1.165) is 4.42 Å². The van der Waals surface area contributed by atoms with E-state index in [0.29, 0.717) is 12.1 Å². The van der Waals surface area contributed by atoms with Crippen molar-refractivity contribution in [1.29, 1.82) is 0 Å². The monoisotopic (exact) mass is 155 g/mol. The van der Waals surface area contributed by atoms with Gasteiger partial charge in [0.05, 0.1) is 5.69 Å². The Hall–Kier alpha value is -1.02. The second-order valence-electron chi connectivity index (χ2n) is 1.75. The molecule has 1 amide bonds. The number of carbonyl (C=O) groups is 1. The average molecular weight is 156 g/mol. The molecule has 0 atom stereocenters.